The molecule has 0 aromatic heterocycles. The van der Waals surface area contributed by atoms with Crippen LogP contribution in [0.1, 0.15) is 35.7 Å². The van der Waals surface area contributed by atoms with Crippen molar-refractivity contribution in [2.24, 2.45) is 0 Å². The molecule has 25 heavy (non-hydrogen) atoms. The maximum atomic E-state index is 12.9. The summed E-state index contributed by atoms with van der Waals surface area (Å²) in [4.78, 5) is 25.4. The third-order valence-corrected chi connectivity index (χ3v) is 3.82. The van der Waals surface area contributed by atoms with Crippen LogP contribution in [0.15, 0.2) is 48.5 Å². The van der Waals surface area contributed by atoms with Gasteiger partial charge in [0.25, 0.3) is 0 Å². The van der Waals surface area contributed by atoms with Crippen molar-refractivity contribution in [1.29, 1.82) is 0 Å². The number of hydrogen-bond acceptors (Lipinski definition) is 4. The van der Waals surface area contributed by atoms with Crippen LogP contribution in [0, 0.1) is 0 Å². The third kappa shape index (κ3) is 5.64. The number of ether oxygens (including phenoxy) is 1. The Morgan fingerprint density at radius 2 is 1.44 bits per heavy atom. The molecular weight excluding hydrogens is 382 g/mol. The topological polar surface area (TPSA) is 60.4 Å². The Morgan fingerprint density at radius 1 is 0.920 bits per heavy atom. The minimum absolute atomic E-state index is 0.130. The van der Waals surface area contributed by atoms with Gasteiger partial charge in [-0.15, -0.1) is 0 Å². The molecule has 0 aliphatic heterocycles. The molecule has 0 radical (unpaired) electrons. The highest BCUT2D eigenvalue weighted by Gasteiger charge is 2.33. The van der Waals surface area contributed by atoms with E-state index < -0.39 is 17.7 Å². The van der Waals surface area contributed by atoms with Gasteiger partial charge in [-0.3, -0.25) is 9.59 Å². The minimum Gasteiger partial charge on any atom is -0.462 e. The number of carbonyl (C=O) groups is 2. The van der Waals surface area contributed by atoms with Crippen LogP contribution in [-0.4, -0.2) is 17.9 Å². The third-order valence-electron chi connectivity index (χ3n) is 3.19. The highest BCUT2D eigenvalue weighted by molar-refractivity contribution is 7.00. The van der Waals surface area contributed by atoms with E-state index in [0.717, 1.165) is 0 Å². The summed E-state index contributed by atoms with van der Waals surface area (Å²) in [6, 6.07) is 13.5. The summed E-state index contributed by atoms with van der Waals surface area (Å²) >= 11 is 12.2. The molecule has 2 unspecified atom stereocenters. The zero-order chi connectivity index (χ0) is 19.0. The monoisotopic (exact) mass is 399 g/mol. The van der Waals surface area contributed by atoms with Gasteiger partial charge in [-0.05, 0) is 31.5 Å². The van der Waals surface area contributed by atoms with Gasteiger partial charge in [-0.25, -0.2) is 0 Å². The summed E-state index contributed by atoms with van der Waals surface area (Å²) in [5.74, 6) is -2.19. The molecule has 0 heterocycles. The summed E-state index contributed by atoms with van der Waals surface area (Å²) in [6.45, 7) is 3.46. The normalized spacial score (nSPS) is 11.2. The second kappa shape index (κ2) is 10.3. The summed E-state index contributed by atoms with van der Waals surface area (Å²) in [6.07, 6.45) is -0.330. The van der Waals surface area contributed by atoms with Crippen molar-refractivity contribution in [2.45, 2.75) is 25.9 Å². The second-order valence-corrected chi connectivity index (χ2v) is 6.10. The standard InChI is InChI=1S/C18H16Cl2O3.H2OP/c1-11(2)23-18(22)15(12-7-4-3-5-8-12)17(21)16-13(19)9-6-10-14(16)20;1-2/h3-11,15H,1-2H3;2H2/q;+1. The number of ketones is 1. The lowest BCUT2D eigenvalue weighted by Gasteiger charge is -2.18. The van der Waals surface area contributed by atoms with Crippen LogP contribution >= 0.6 is 32.3 Å². The van der Waals surface area contributed by atoms with E-state index in [-0.39, 0.29) is 21.7 Å². The van der Waals surface area contributed by atoms with Crippen molar-refractivity contribution in [3.8, 4) is 0 Å². The summed E-state index contributed by atoms with van der Waals surface area (Å²) in [5, 5.41) is 0.418. The number of benzene rings is 2. The fourth-order valence-corrected chi connectivity index (χ4v) is 2.80. The van der Waals surface area contributed by atoms with Crippen LogP contribution in [0.5, 0.6) is 0 Å². The lowest BCUT2D eigenvalue weighted by molar-refractivity contribution is -0.147. The van der Waals surface area contributed by atoms with Crippen LogP contribution in [0.25, 0.3) is 0 Å². The molecular formula is C18H18Cl2O4P+. The average molecular weight is 400 g/mol. The molecule has 0 fully saturated rings. The van der Waals surface area contributed by atoms with Gasteiger partial charge in [-0.1, -0.05) is 64.2 Å². The number of Topliss-reactive ketones (excluding diaryl/α,β-unsaturated/α-hetero) is 1. The molecule has 132 valence electrons. The van der Waals surface area contributed by atoms with Crippen molar-refractivity contribution in [2.75, 3.05) is 0 Å². The summed E-state index contributed by atoms with van der Waals surface area (Å²) < 4.78 is 13.4. The molecule has 0 spiro atoms. The number of carbonyl (C=O) groups excluding carboxylic acids is 2. The van der Waals surface area contributed by atoms with E-state index >= 15 is 0 Å². The van der Waals surface area contributed by atoms with Crippen molar-refractivity contribution >= 4 is 44.1 Å². The SMILES string of the molecule is CC(C)OC(=O)C(C(=O)c1c(Cl)cccc1Cl)c1ccccc1.O=[PH2+]. The van der Waals surface area contributed by atoms with Gasteiger partial charge >= 0.3 is 15.1 Å². The zero-order valence-corrected chi connectivity index (χ0v) is 16.4. The first-order valence-electron chi connectivity index (χ1n) is 7.39. The Labute approximate surface area is 158 Å². The van der Waals surface area contributed by atoms with Crippen LogP contribution in [0.2, 0.25) is 10.0 Å². The molecule has 7 heteroatoms. The van der Waals surface area contributed by atoms with Gasteiger partial charge in [0, 0.05) is 0 Å². The van der Waals surface area contributed by atoms with Crippen molar-refractivity contribution in [3.63, 3.8) is 0 Å². The number of rotatable bonds is 5. The maximum absolute atomic E-state index is 12.9. The highest BCUT2D eigenvalue weighted by Crippen LogP contribution is 2.31. The molecule has 4 nitrogen and oxygen atoms in total. The van der Waals surface area contributed by atoms with Crippen molar-refractivity contribution < 1.29 is 18.9 Å². The highest BCUT2D eigenvalue weighted by atomic mass is 35.5. The fourth-order valence-electron chi connectivity index (χ4n) is 2.22. The largest absolute Gasteiger partial charge is 0.462 e. The Balaban J connectivity index is 0.00000151. The van der Waals surface area contributed by atoms with Crippen LogP contribution < -0.4 is 0 Å². The second-order valence-electron chi connectivity index (χ2n) is 5.29. The van der Waals surface area contributed by atoms with Gasteiger partial charge in [0.1, 0.15) is 5.92 Å². The maximum Gasteiger partial charge on any atom is 0.321 e. The van der Waals surface area contributed by atoms with E-state index in [1.54, 1.807) is 62.4 Å². The average Bonchev–Trinajstić information content (AvgIpc) is 2.57. The summed E-state index contributed by atoms with van der Waals surface area (Å²) in [7, 11) is 1.17. The van der Waals surface area contributed by atoms with E-state index in [0.29, 0.717) is 5.56 Å². The number of halogens is 2. The van der Waals surface area contributed by atoms with Crippen molar-refractivity contribution in [1.82, 2.24) is 0 Å². The minimum atomic E-state index is -1.10. The molecule has 2 aromatic carbocycles. The molecule has 0 saturated heterocycles. The molecule has 0 aliphatic rings. The predicted octanol–water partition coefficient (Wildman–Crippen LogP) is 5.12. The van der Waals surface area contributed by atoms with Gasteiger partial charge in [0.15, 0.2) is 5.78 Å². The molecule has 0 aliphatic carbocycles. The van der Waals surface area contributed by atoms with Crippen LogP contribution in [0.4, 0.5) is 0 Å². The van der Waals surface area contributed by atoms with Crippen molar-refractivity contribution in [3.05, 3.63) is 69.7 Å². The van der Waals surface area contributed by atoms with E-state index in [1.807, 2.05) is 0 Å². The zero-order valence-electron chi connectivity index (χ0n) is 13.7. The van der Waals surface area contributed by atoms with Crippen LogP contribution in [0.3, 0.4) is 0 Å². The predicted molar refractivity (Wildman–Crippen MR) is 102 cm³/mol. The molecule has 2 aromatic rings. The number of esters is 1. The smallest absolute Gasteiger partial charge is 0.321 e. The molecule has 0 bridgehead atoms. The Morgan fingerprint density at radius 3 is 1.92 bits per heavy atom. The Kier molecular flexibility index (Phi) is 8.77. The van der Waals surface area contributed by atoms with Gasteiger partial charge in [0.2, 0.25) is 0 Å². The lowest BCUT2D eigenvalue weighted by atomic mass is 9.90. The molecule has 0 amide bonds. The van der Waals surface area contributed by atoms with E-state index in [1.165, 1.54) is 9.12 Å². The Bertz CT molecular complexity index is 715. The van der Waals surface area contributed by atoms with Gasteiger partial charge in [0.05, 0.1) is 21.7 Å². The first-order valence-corrected chi connectivity index (χ1v) is 8.61. The molecule has 2 rings (SSSR count). The molecule has 2 atom stereocenters. The molecule has 0 N–H and O–H groups in total. The van der Waals surface area contributed by atoms with E-state index in [4.69, 9.17) is 32.5 Å². The van der Waals surface area contributed by atoms with Crippen LogP contribution in [-0.2, 0) is 14.1 Å². The first kappa shape index (κ1) is 21.3. The molecule has 0 saturated carbocycles. The summed E-state index contributed by atoms with van der Waals surface area (Å²) in [5.41, 5.74) is 0.671. The lowest BCUT2D eigenvalue weighted by Crippen LogP contribution is -2.27. The van der Waals surface area contributed by atoms with E-state index in [2.05, 4.69) is 0 Å². The number of hydrogen-bond donors (Lipinski definition) is 0. The quantitative estimate of drug-likeness (QED) is 0.303. The van der Waals surface area contributed by atoms with E-state index in [9.17, 15) is 9.59 Å². The fraction of sp³-hybridized carbons (Fsp3) is 0.222. The first-order chi connectivity index (χ1) is 11.9. The van der Waals surface area contributed by atoms with Gasteiger partial charge in [-0.2, -0.15) is 0 Å². The Hall–Kier alpha value is -1.74. The van der Waals surface area contributed by atoms with Gasteiger partial charge < -0.3 is 4.74 Å².